The van der Waals surface area contributed by atoms with E-state index in [0.717, 1.165) is 38.8 Å². The fourth-order valence-corrected chi connectivity index (χ4v) is 2.34. The second-order valence-electron chi connectivity index (χ2n) is 5.45. The van der Waals surface area contributed by atoms with Gasteiger partial charge in [-0.15, -0.1) is 0 Å². The first-order valence-corrected chi connectivity index (χ1v) is 6.88. The van der Waals surface area contributed by atoms with Crippen LogP contribution in [0.15, 0.2) is 0 Å². The molecule has 2 fully saturated rings. The van der Waals surface area contributed by atoms with Gasteiger partial charge >= 0.3 is 0 Å². The third-order valence-electron chi connectivity index (χ3n) is 3.74. The minimum atomic E-state index is -0.139. The maximum atomic E-state index is 11.8. The largest absolute Gasteiger partial charge is 0.352 e. The molecule has 0 aromatic carbocycles. The molecule has 2 aliphatic rings. The second-order valence-corrected chi connectivity index (χ2v) is 5.45. The summed E-state index contributed by atoms with van der Waals surface area (Å²) in [5.74, 6) is 0.250. The fourth-order valence-electron chi connectivity index (χ4n) is 2.34. The summed E-state index contributed by atoms with van der Waals surface area (Å²) < 4.78 is 0. The monoisotopic (exact) mass is 253 g/mol. The number of carbonyl (C=O) groups excluding carboxylic acids is 2. The molecule has 18 heavy (non-hydrogen) atoms. The number of nitrogens with zero attached hydrogens (tertiary/aromatic N) is 1. The molecule has 0 aromatic rings. The van der Waals surface area contributed by atoms with Crippen molar-refractivity contribution in [2.45, 2.75) is 57.7 Å². The normalized spacial score (nSPS) is 22.7. The van der Waals surface area contributed by atoms with Crippen molar-refractivity contribution < 1.29 is 9.59 Å². The molecule has 5 heteroatoms. The molecular formula is C13H23N3O2. The zero-order chi connectivity index (χ0) is 13.1. The van der Waals surface area contributed by atoms with Gasteiger partial charge in [0.05, 0.1) is 6.04 Å². The van der Waals surface area contributed by atoms with Gasteiger partial charge in [0.15, 0.2) is 0 Å². The molecule has 102 valence electrons. The first-order valence-electron chi connectivity index (χ1n) is 6.88. The van der Waals surface area contributed by atoms with Crippen molar-refractivity contribution >= 4 is 11.8 Å². The standard InChI is InChI=1S/C13H23N3O2/c1-9(13(18)15-11-3-4-11)14-12-5-7-16(8-6-12)10(2)17/h9,11-12,14H,3-8H2,1-2H3,(H,15,18). The molecule has 0 bridgehead atoms. The molecule has 1 aliphatic carbocycles. The minimum absolute atomic E-state index is 0.103. The zero-order valence-corrected chi connectivity index (χ0v) is 11.2. The molecule has 1 saturated carbocycles. The van der Waals surface area contributed by atoms with Crippen LogP contribution in [-0.2, 0) is 9.59 Å². The molecule has 5 nitrogen and oxygen atoms in total. The van der Waals surface area contributed by atoms with Gasteiger partial charge in [0.1, 0.15) is 0 Å². The van der Waals surface area contributed by atoms with Crippen LogP contribution >= 0.6 is 0 Å². The van der Waals surface area contributed by atoms with Crippen LogP contribution in [-0.4, -0.2) is 47.9 Å². The van der Waals surface area contributed by atoms with Gasteiger partial charge in [0, 0.05) is 32.1 Å². The number of piperidine rings is 1. The summed E-state index contributed by atoms with van der Waals surface area (Å²) in [4.78, 5) is 24.9. The highest BCUT2D eigenvalue weighted by atomic mass is 16.2. The maximum absolute atomic E-state index is 11.8. The molecule has 2 amide bonds. The van der Waals surface area contributed by atoms with E-state index in [1.54, 1.807) is 6.92 Å². The highest BCUT2D eigenvalue weighted by Crippen LogP contribution is 2.18. The SMILES string of the molecule is CC(=O)N1CCC(NC(C)C(=O)NC2CC2)CC1. The van der Waals surface area contributed by atoms with Gasteiger partial charge in [-0.1, -0.05) is 0 Å². The Hall–Kier alpha value is -1.10. The van der Waals surface area contributed by atoms with E-state index in [9.17, 15) is 9.59 Å². The Morgan fingerprint density at radius 2 is 1.72 bits per heavy atom. The van der Waals surface area contributed by atoms with Gasteiger partial charge in [-0.05, 0) is 32.6 Å². The topological polar surface area (TPSA) is 61.4 Å². The smallest absolute Gasteiger partial charge is 0.237 e. The lowest BCUT2D eigenvalue weighted by atomic mass is 10.0. The van der Waals surface area contributed by atoms with Crippen LogP contribution in [0, 0.1) is 0 Å². The molecule has 2 rings (SSSR count). The van der Waals surface area contributed by atoms with Crippen LogP contribution in [0.2, 0.25) is 0 Å². The fraction of sp³-hybridized carbons (Fsp3) is 0.846. The van der Waals surface area contributed by atoms with Gasteiger partial charge in [-0.2, -0.15) is 0 Å². The van der Waals surface area contributed by atoms with Crippen LogP contribution in [0.1, 0.15) is 39.5 Å². The van der Waals surface area contributed by atoms with E-state index in [2.05, 4.69) is 10.6 Å². The quantitative estimate of drug-likeness (QED) is 0.755. The van der Waals surface area contributed by atoms with Crippen LogP contribution in [0.5, 0.6) is 0 Å². The third kappa shape index (κ3) is 3.70. The molecule has 0 aromatic heterocycles. The van der Waals surface area contributed by atoms with Crippen molar-refractivity contribution in [3.8, 4) is 0 Å². The number of hydrogen-bond donors (Lipinski definition) is 2. The number of hydrogen-bond acceptors (Lipinski definition) is 3. The Balaban J connectivity index is 1.69. The number of amides is 2. The van der Waals surface area contributed by atoms with E-state index in [0.29, 0.717) is 12.1 Å². The molecule has 1 atom stereocenters. The van der Waals surface area contributed by atoms with Crippen molar-refractivity contribution in [3.05, 3.63) is 0 Å². The van der Waals surface area contributed by atoms with Gasteiger partial charge in [-0.3, -0.25) is 9.59 Å². The summed E-state index contributed by atoms with van der Waals surface area (Å²) in [6.45, 7) is 5.11. The van der Waals surface area contributed by atoms with E-state index in [1.807, 2.05) is 11.8 Å². The average molecular weight is 253 g/mol. The van der Waals surface area contributed by atoms with Crippen LogP contribution in [0.25, 0.3) is 0 Å². The molecular weight excluding hydrogens is 230 g/mol. The second kappa shape index (κ2) is 5.69. The van der Waals surface area contributed by atoms with Gasteiger partial charge in [-0.25, -0.2) is 0 Å². The van der Waals surface area contributed by atoms with Crippen molar-refractivity contribution in [1.29, 1.82) is 0 Å². The molecule has 1 unspecified atom stereocenters. The Morgan fingerprint density at radius 1 is 1.11 bits per heavy atom. The van der Waals surface area contributed by atoms with E-state index in [4.69, 9.17) is 0 Å². The Kier molecular flexibility index (Phi) is 4.22. The van der Waals surface area contributed by atoms with E-state index in [1.165, 1.54) is 0 Å². The number of carbonyl (C=O) groups is 2. The molecule has 2 N–H and O–H groups in total. The predicted molar refractivity (Wildman–Crippen MR) is 69.0 cm³/mol. The molecule has 1 saturated heterocycles. The van der Waals surface area contributed by atoms with Crippen LogP contribution < -0.4 is 10.6 Å². The lowest BCUT2D eigenvalue weighted by molar-refractivity contribution is -0.130. The minimum Gasteiger partial charge on any atom is -0.352 e. The summed E-state index contributed by atoms with van der Waals surface area (Å²) in [6.07, 6.45) is 4.10. The van der Waals surface area contributed by atoms with Crippen molar-refractivity contribution in [2.24, 2.45) is 0 Å². The van der Waals surface area contributed by atoms with Crippen molar-refractivity contribution in [3.63, 3.8) is 0 Å². The van der Waals surface area contributed by atoms with E-state index >= 15 is 0 Å². The number of likely N-dealkylation sites (tertiary alicyclic amines) is 1. The first-order chi connectivity index (χ1) is 8.56. The third-order valence-corrected chi connectivity index (χ3v) is 3.74. The average Bonchev–Trinajstić information content (AvgIpc) is 3.13. The van der Waals surface area contributed by atoms with Crippen molar-refractivity contribution in [2.75, 3.05) is 13.1 Å². The predicted octanol–water partition coefficient (Wildman–Crippen LogP) is 0.254. The zero-order valence-electron chi connectivity index (χ0n) is 11.2. The summed E-state index contributed by atoms with van der Waals surface area (Å²) in [6, 6.07) is 0.626. The Morgan fingerprint density at radius 3 is 2.22 bits per heavy atom. The maximum Gasteiger partial charge on any atom is 0.237 e. The molecule has 1 heterocycles. The molecule has 0 spiro atoms. The van der Waals surface area contributed by atoms with E-state index < -0.39 is 0 Å². The van der Waals surface area contributed by atoms with Crippen LogP contribution in [0.4, 0.5) is 0 Å². The summed E-state index contributed by atoms with van der Waals surface area (Å²) in [5, 5.41) is 6.37. The lowest BCUT2D eigenvalue weighted by Gasteiger charge is -2.33. The molecule has 0 radical (unpaired) electrons. The lowest BCUT2D eigenvalue weighted by Crippen LogP contribution is -2.51. The summed E-state index contributed by atoms with van der Waals surface area (Å²) in [5.41, 5.74) is 0. The summed E-state index contributed by atoms with van der Waals surface area (Å²) >= 11 is 0. The van der Waals surface area contributed by atoms with Gasteiger partial charge in [0.2, 0.25) is 11.8 Å². The van der Waals surface area contributed by atoms with E-state index in [-0.39, 0.29) is 17.9 Å². The molecule has 1 aliphatic heterocycles. The number of rotatable bonds is 4. The summed E-state index contributed by atoms with van der Waals surface area (Å²) in [7, 11) is 0. The van der Waals surface area contributed by atoms with Gasteiger partial charge < -0.3 is 15.5 Å². The van der Waals surface area contributed by atoms with Crippen LogP contribution in [0.3, 0.4) is 0 Å². The Bertz CT molecular complexity index is 320. The highest BCUT2D eigenvalue weighted by Gasteiger charge is 2.27. The van der Waals surface area contributed by atoms with Gasteiger partial charge in [0.25, 0.3) is 0 Å². The first kappa shape index (κ1) is 13.3. The highest BCUT2D eigenvalue weighted by molar-refractivity contribution is 5.81. The number of nitrogens with one attached hydrogen (secondary N) is 2. The Labute approximate surface area is 108 Å². The van der Waals surface area contributed by atoms with Crippen molar-refractivity contribution in [1.82, 2.24) is 15.5 Å².